The van der Waals surface area contributed by atoms with Crippen molar-refractivity contribution in [2.24, 2.45) is 0 Å². The summed E-state index contributed by atoms with van der Waals surface area (Å²) < 4.78 is 9.30. The Morgan fingerprint density at radius 2 is 2.14 bits per heavy atom. The zero-order chi connectivity index (χ0) is 20.4. The Hall–Kier alpha value is -2.65. The first kappa shape index (κ1) is 19.7. The number of likely N-dealkylation sites (tertiary alicyclic amines) is 1. The van der Waals surface area contributed by atoms with Gasteiger partial charge in [-0.05, 0) is 36.5 Å². The average molecular weight is 414 g/mol. The van der Waals surface area contributed by atoms with Gasteiger partial charge in [0.05, 0.1) is 6.10 Å². The maximum atomic E-state index is 13.1. The van der Waals surface area contributed by atoms with Gasteiger partial charge in [-0.15, -0.1) is 5.10 Å². The summed E-state index contributed by atoms with van der Waals surface area (Å²) in [5, 5.41) is 8.70. The van der Waals surface area contributed by atoms with Gasteiger partial charge in [0, 0.05) is 23.1 Å². The SMILES string of the molecule is CCCC(NC(=O)c1ccc(-c2csnn2)cc1)C(=O)N1CCC2OCC(=O)C21. The monoisotopic (exact) mass is 414 g/mol. The molecule has 0 spiro atoms. The first-order valence-corrected chi connectivity index (χ1v) is 10.5. The predicted octanol–water partition coefficient (Wildman–Crippen LogP) is 1.67. The molecule has 9 heteroatoms. The quantitative estimate of drug-likeness (QED) is 0.772. The maximum absolute atomic E-state index is 13.1. The van der Waals surface area contributed by atoms with Crippen LogP contribution in [0, 0.1) is 0 Å². The summed E-state index contributed by atoms with van der Waals surface area (Å²) >= 11 is 1.27. The lowest BCUT2D eigenvalue weighted by Gasteiger charge is -2.27. The van der Waals surface area contributed by atoms with Gasteiger partial charge in [0.25, 0.3) is 5.91 Å². The molecule has 0 saturated carbocycles. The van der Waals surface area contributed by atoms with Gasteiger partial charge in [-0.1, -0.05) is 30.0 Å². The second kappa shape index (κ2) is 8.38. The molecule has 2 amide bonds. The Kier molecular flexibility index (Phi) is 5.68. The molecule has 29 heavy (non-hydrogen) atoms. The molecule has 3 atom stereocenters. The number of carbonyl (C=O) groups excluding carboxylic acids is 3. The summed E-state index contributed by atoms with van der Waals surface area (Å²) in [5.41, 5.74) is 2.10. The van der Waals surface area contributed by atoms with E-state index in [9.17, 15) is 14.4 Å². The van der Waals surface area contributed by atoms with Crippen LogP contribution in [0.1, 0.15) is 36.5 Å². The van der Waals surface area contributed by atoms with E-state index in [2.05, 4.69) is 14.9 Å². The molecule has 2 aromatic rings. The highest BCUT2D eigenvalue weighted by Gasteiger charge is 2.47. The Labute approximate surface area is 172 Å². The fraction of sp³-hybridized carbons (Fsp3) is 0.450. The maximum Gasteiger partial charge on any atom is 0.251 e. The van der Waals surface area contributed by atoms with E-state index < -0.39 is 12.1 Å². The van der Waals surface area contributed by atoms with Crippen molar-refractivity contribution < 1.29 is 19.1 Å². The highest BCUT2D eigenvalue weighted by Crippen LogP contribution is 2.28. The summed E-state index contributed by atoms with van der Waals surface area (Å²) in [7, 11) is 0. The average Bonchev–Trinajstić information content (AvgIpc) is 3.47. The fourth-order valence-electron chi connectivity index (χ4n) is 3.91. The van der Waals surface area contributed by atoms with Gasteiger partial charge in [0.1, 0.15) is 24.4 Å². The zero-order valence-corrected chi connectivity index (χ0v) is 16.9. The van der Waals surface area contributed by atoms with E-state index in [1.165, 1.54) is 11.5 Å². The molecular weight excluding hydrogens is 392 g/mol. The van der Waals surface area contributed by atoms with Crippen molar-refractivity contribution in [3.05, 3.63) is 35.2 Å². The van der Waals surface area contributed by atoms with Crippen LogP contribution in [-0.2, 0) is 14.3 Å². The molecule has 0 radical (unpaired) electrons. The Bertz CT molecular complexity index is 900. The number of carbonyl (C=O) groups is 3. The molecule has 1 aromatic carbocycles. The van der Waals surface area contributed by atoms with Crippen LogP contribution in [0.3, 0.4) is 0 Å². The molecule has 1 aromatic heterocycles. The van der Waals surface area contributed by atoms with Crippen LogP contribution in [0.4, 0.5) is 0 Å². The third kappa shape index (κ3) is 3.92. The number of hydrogen-bond donors (Lipinski definition) is 1. The molecule has 0 bridgehead atoms. The van der Waals surface area contributed by atoms with Crippen molar-refractivity contribution in [1.82, 2.24) is 19.8 Å². The first-order chi connectivity index (χ1) is 14.1. The number of Topliss-reactive ketones (excluding diaryl/α,β-unsaturated/α-hetero) is 1. The predicted molar refractivity (Wildman–Crippen MR) is 106 cm³/mol. The number of rotatable bonds is 6. The highest BCUT2D eigenvalue weighted by atomic mass is 32.1. The Morgan fingerprint density at radius 3 is 2.83 bits per heavy atom. The summed E-state index contributed by atoms with van der Waals surface area (Å²) in [6.07, 6.45) is 1.69. The summed E-state index contributed by atoms with van der Waals surface area (Å²) in [5.74, 6) is -0.587. The third-order valence-electron chi connectivity index (χ3n) is 5.38. The van der Waals surface area contributed by atoms with E-state index >= 15 is 0 Å². The van der Waals surface area contributed by atoms with Crippen molar-refractivity contribution >= 4 is 29.1 Å². The van der Waals surface area contributed by atoms with E-state index in [-0.39, 0.29) is 30.3 Å². The van der Waals surface area contributed by atoms with Gasteiger partial charge < -0.3 is 15.0 Å². The van der Waals surface area contributed by atoms with E-state index in [1.54, 1.807) is 17.0 Å². The number of hydrogen-bond acceptors (Lipinski definition) is 7. The minimum Gasteiger partial charge on any atom is -0.368 e. The number of amides is 2. The van der Waals surface area contributed by atoms with Gasteiger partial charge in [0.2, 0.25) is 5.91 Å². The summed E-state index contributed by atoms with van der Waals surface area (Å²) in [4.78, 5) is 39.5. The molecule has 1 N–H and O–H groups in total. The standard InChI is InChI=1S/C20H22N4O4S/c1-2-3-14(20(27)24-9-8-17-18(24)16(25)10-28-17)21-19(26)13-6-4-12(5-7-13)15-11-29-23-22-15/h4-7,11,14,17-18H,2-3,8-10H2,1H3,(H,21,26). The minimum atomic E-state index is -0.665. The molecule has 3 unspecified atom stereocenters. The van der Waals surface area contributed by atoms with E-state index in [0.717, 1.165) is 17.7 Å². The van der Waals surface area contributed by atoms with Gasteiger partial charge >= 0.3 is 0 Å². The van der Waals surface area contributed by atoms with Crippen molar-refractivity contribution in [3.8, 4) is 11.3 Å². The van der Waals surface area contributed by atoms with Crippen LogP contribution in [0.2, 0.25) is 0 Å². The number of fused-ring (bicyclic) bond motifs is 1. The smallest absolute Gasteiger partial charge is 0.251 e. The van der Waals surface area contributed by atoms with E-state index in [1.807, 2.05) is 24.4 Å². The number of ketones is 1. The van der Waals surface area contributed by atoms with Gasteiger partial charge in [-0.2, -0.15) is 0 Å². The first-order valence-electron chi connectivity index (χ1n) is 9.71. The van der Waals surface area contributed by atoms with Crippen LogP contribution >= 0.6 is 11.5 Å². The van der Waals surface area contributed by atoms with Crippen LogP contribution in [0.15, 0.2) is 29.6 Å². The fourth-order valence-corrected chi connectivity index (χ4v) is 4.38. The molecule has 0 aliphatic carbocycles. The Balaban J connectivity index is 1.45. The van der Waals surface area contributed by atoms with Gasteiger partial charge in [-0.3, -0.25) is 14.4 Å². The number of benzene rings is 1. The Morgan fingerprint density at radius 1 is 1.34 bits per heavy atom. The lowest BCUT2D eigenvalue weighted by molar-refractivity contribution is -0.138. The molecule has 4 rings (SSSR count). The summed E-state index contributed by atoms with van der Waals surface area (Å²) in [6, 6.07) is 5.85. The van der Waals surface area contributed by atoms with Crippen molar-refractivity contribution in [1.29, 1.82) is 0 Å². The topological polar surface area (TPSA) is 101 Å². The molecule has 2 saturated heterocycles. The second-order valence-corrected chi connectivity index (χ2v) is 7.87. The van der Waals surface area contributed by atoms with Crippen LogP contribution < -0.4 is 5.32 Å². The van der Waals surface area contributed by atoms with Crippen LogP contribution in [-0.4, -0.2) is 63.4 Å². The second-order valence-electron chi connectivity index (χ2n) is 7.26. The molecule has 2 aliphatic heterocycles. The van der Waals surface area contributed by atoms with Crippen molar-refractivity contribution in [2.45, 2.75) is 44.4 Å². The largest absolute Gasteiger partial charge is 0.368 e. The molecule has 3 heterocycles. The number of nitrogens with one attached hydrogen (secondary N) is 1. The highest BCUT2D eigenvalue weighted by molar-refractivity contribution is 7.03. The molecular formula is C20H22N4O4S. The van der Waals surface area contributed by atoms with Crippen LogP contribution in [0.25, 0.3) is 11.3 Å². The minimum absolute atomic E-state index is 0.0603. The number of ether oxygens (including phenoxy) is 1. The van der Waals surface area contributed by atoms with Crippen molar-refractivity contribution in [2.75, 3.05) is 13.2 Å². The lowest BCUT2D eigenvalue weighted by atomic mass is 10.1. The van der Waals surface area contributed by atoms with E-state index in [4.69, 9.17) is 4.74 Å². The zero-order valence-electron chi connectivity index (χ0n) is 16.0. The van der Waals surface area contributed by atoms with E-state index in [0.29, 0.717) is 24.9 Å². The molecule has 8 nitrogen and oxygen atoms in total. The number of aromatic nitrogens is 2. The molecule has 2 aliphatic rings. The van der Waals surface area contributed by atoms with Crippen molar-refractivity contribution in [3.63, 3.8) is 0 Å². The molecule has 2 fully saturated rings. The van der Waals surface area contributed by atoms with Gasteiger partial charge in [-0.25, -0.2) is 0 Å². The number of nitrogens with zero attached hydrogens (tertiary/aromatic N) is 3. The lowest BCUT2D eigenvalue weighted by Crippen LogP contribution is -2.52. The molecule has 152 valence electrons. The summed E-state index contributed by atoms with van der Waals surface area (Å²) in [6.45, 7) is 2.50. The van der Waals surface area contributed by atoms with Crippen LogP contribution in [0.5, 0.6) is 0 Å². The normalized spacial score (nSPS) is 21.8. The third-order valence-corrected chi connectivity index (χ3v) is 5.88. The van der Waals surface area contributed by atoms with Gasteiger partial charge in [0.15, 0.2) is 5.78 Å².